The maximum absolute atomic E-state index is 6.01. The van der Waals surface area contributed by atoms with Crippen molar-refractivity contribution in [1.82, 2.24) is 0 Å². The average molecular weight is 527 g/mol. The zero-order valence-corrected chi connectivity index (χ0v) is 22.3. The van der Waals surface area contributed by atoms with Gasteiger partial charge in [-0.3, -0.25) is 0 Å². The van der Waals surface area contributed by atoms with Crippen LogP contribution in [-0.2, 0) is 25.5 Å². The van der Waals surface area contributed by atoms with E-state index in [-0.39, 0.29) is 0 Å². The highest BCUT2D eigenvalue weighted by Crippen LogP contribution is 2.29. The van der Waals surface area contributed by atoms with Gasteiger partial charge in [0.1, 0.15) is 24.5 Å². The van der Waals surface area contributed by atoms with Gasteiger partial charge in [0.15, 0.2) is 11.5 Å². The molecule has 1 aromatic heterocycles. The smallest absolute Gasteiger partial charge is 0.262 e. The van der Waals surface area contributed by atoms with Crippen molar-refractivity contribution in [2.24, 2.45) is 0 Å². The van der Waals surface area contributed by atoms with Gasteiger partial charge in [-0.1, -0.05) is 47.8 Å². The zero-order valence-electron chi connectivity index (χ0n) is 21.4. The molecule has 0 fully saturated rings. The summed E-state index contributed by atoms with van der Waals surface area (Å²) in [5, 5.41) is 1.23. The highest BCUT2D eigenvalue weighted by molar-refractivity contribution is 7.18. The monoisotopic (exact) mass is 526 g/mol. The largest absolute Gasteiger partial charge is 0.487 e. The van der Waals surface area contributed by atoms with Crippen molar-refractivity contribution in [1.29, 1.82) is 0 Å². The topological polar surface area (TPSA) is 59.3 Å². The van der Waals surface area contributed by atoms with Crippen LogP contribution in [0.4, 0.5) is 0 Å². The van der Waals surface area contributed by atoms with E-state index in [1.54, 1.807) is 11.3 Å². The summed E-state index contributed by atoms with van der Waals surface area (Å²) >= 11 is 1.80. The lowest BCUT2D eigenvalue weighted by Crippen LogP contribution is -2.33. The molecule has 1 aliphatic rings. The zero-order chi connectivity index (χ0) is 25.5. The Morgan fingerprint density at radius 3 is 1.97 bits per heavy atom. The summed E-state index contributed by atoms with van der Waals surface area (Å²) in [6, 6.07) is 14.5. The second-order valence-electron chi connectivity index (χ2n) is 8.22. The second kappa shape index (κ2) is 15.5. The predicted molar refractivity (Wildman–Crippen MR) is 146 cm³/mol. The van der Waals surface area contributed by atoms with E-state index in [1.807, 2.05) is 24.3 Å². The van der Waals surface area contributed by atoms with Gasteiger partial charge < -0.3 is 28.4 Å². The fourth-order valence-electron chi connectivity index (χ4n) is 3.85. The van der Waals surface area contributed by atoms with Crippen LogP contribution in [0, 0.1) is 0 Å². The lowest BCUT2D eigenvalue weighted by atomic mass is 10.2. The van der Waals surface area contributed by atoms with E-state index in [2.05, 4.69) is 54.0 Å². The van der Waals surface area contributed by atoms with Crippen LogP contribution in [-0.4, -0.2) is 66.1 Å². The third-order valence-corrected chi connectivity index (χ3v) is 6.78. The lowest BCUT2D eigenvalue weighted by molar-refractivity contribution is -0.665. The van der Waals surface area contributed by atoms with Gasteiger partial charge in [0.05, 0.1) is 52.9 Å². The number of hydrogen-bond donors (Lipinski definition) is 0. The standard InChI is InChI=1S/C29H36NO6S/c1-2-30-25-8-4-5-9-28(25)37-29(30)10-6-3-7-24-11-12-26-27(23-24)36-22-20-34-18-16-32-14-13-31-15-17-33-19-21-35-26/h3-12,23H,2,13-22H2,1H3/q+1/b7-3+,10-6+. The molecule has 0 amide bonds. The van der Waals surface area contributed by atoms with E-state index in [1.165, 1.54) is 15.2 Å². The Hall–Kier alpha value is -2.75. The van der Waals surface area contributed by atoms with E-state index in [4.69, 9.17) is 28.4 Å². The van der Waals surface area contributed by atoms with Crippen molar-refractivity contribution in [2.45, 2.75) is 13.5 Å². The molecule has 0 spiro atoms. The highest BCUT2D eigenvalue weighted by Gasteiger charge is 2.15. The van der Waals surface area contributed by atoms with Crippen molar-refractivity contribution in [3.8, 4) is 11.5 Å². The number of benzene rings is 2. The first-order valence-electron chi connectivity index (χ1n) is 12.8. The Kier molecular flexibility index (Phi) is 11.4. The molecule has 7 nitrogen and oxygen atoms in total. The first-order chi connectivity index (χ1) is 18.3. The van der Waals surface area contributed by atoms with Crippen molar-refractivity contribution in [3.05, 3.63) is 65.2 Å². The summed E-state index contributed by atoms with van der Waals surface area (Å²) < 4.78 is 37.7. The minimum Gasteiger partial charge on any atom is -0.487 e. The van der Waals surface area contributed by atoms with Crippen LogP contribution in [0.25, 0.3) is 22.4 Å². The summed E-state index contributed by atoms with van der Waals surface area (Å²) in [5.41, 5.74) is 2.30. The first-order valence-corrected chi connectivity index (χ1v) is 13.6. The molecule has 8 heteroatoms. The lowest BCUT2D eigenvalue weighted by Gasteiger charge is -2.14. The normalized spacial score (nSPS) is 17.2. The van der Waals surface area contributed by atoms with Crippen LogP contribution in [0.2, 0.25) is 0 Å². The number of thiazole rings is 1. The number of ether oxygens (including phenoxy) is 6. The summed E-state index contributed by atoms with van der Waals surface area (Å²) in [7, 11) is 0. The van der Waals surface area contributed by atoms with E-state index in [0.717, 1.165) is 12.1 Å². The maximum Gasteiger partial charge on any atom is 0.262 e. The average Bonchev–Trinajstić information content (AvgIpc) is 3.28. The first kappa shape index (κ1) is 27.3. The minimum absolute atomic E-state index is 0.423. The molecule has 0 saturated carbocycles. The van der Waals surface area contributed by atoms with Gasteiger partial charge >= 0.3 is 0 Å². The number of nitrogens with zero attached hydrogens (tertiary/aromatic N) is 1. The highest BCUT2D eigenvalue weighted by atomic mass is 32.1. The molecule has 1 aliphatic heterocycles. The van der Waals surface area contributed by atoms with Crippen molar-refractivity contribution in [3.63, 3.8) is 0 Å². The molecule has 0 N–H and O–H groups in total. The Morgan fingerprint density at radius 1 is 0.703 bits per heavy atom. The van der Waals surface area contributed by atoms with Crippen LogP contribution in [0.5, 0.6) is 11.5 Å². The van der Waals surface area contributed by atoms with Crippen molar-refractivity contribution >= 4 is 33.7 Å². The van der Waals surface area contributed by atoms with Crippen LogP contribution >= 0.6 is 11.3 Å². The number of para-hydroxylation sites is 1. The quantitative estimate of drug-likeness (QED) is 0.361. The summed E-state index contributed by atoms with van der Waals surface area (Å²) in [5.74, 6) is 1.37. The van der Waals surface area contributed by atoms with Crippen molar-refractivity contribution in [2.75, 3.05) is 66.1 Å². The molecule has 2 aromatic carbocycles. The van der Waals surface area contributed by atoms with Gasteiger partial charge in [0, 0.05) is 12.1 Å². The molecule has 0 unspecified atom stereocenters. The van der Waals surface area contributed by atoms with Crippen molar-refractivity contribution < 1.29 is 33.0 Å². The summed E-state index contributed by atoms with van der Waals surface area (Å²) in [6.07, 6.45) is 8.34. The molecular weight excluding hydrogens is 490 g/mol. The number of fused-ring (bicyclic) bond motifs is 2. The molecule has 198 valence electrons. The number of rotatable bonds is 4. The van der Waals surface area contributed by atoms with Gasteiger partial charge in [-0.15, -0.1) is 0 Å². The molecule has 3 aromatic rings. The fourth-order valence-corrected chi connectivity index (χ4v) is 4.99. The molecule has 0 aliphatic carbocycles. The number of hydrogen-bond acceptors (Lipinski definition) is 7. The molecule has 4 rings (SSSR count). The Bertz CT molecular complexity index is 1160. The third kappa shape index (κ3) is 8.66. The van der Waals surface area contributed by atoms with E-state index >= 15 is 0 Å². The molecule has 0 atom stereocenters. The van der Waals surface area contributed by atoms with Crippen LogP contribution < -0.4 is 14.0 Å². The van der Waals surface area contributed by atoms with Crippen LogP contribution in [0.15, 0.2) is 54.6 Å². The predicted octanol–water partition coefficient (Wildman–Crippen LogP) is 4.77. The molecule has 0 bridgehead atoms. The van der Waals surface area contributed by atoms with E-state index < -0.39 is 0 Å². The Morgan fingerprint density at radius 2 is 1.30 bits per heavy atom. The Balaban J connectivity index is 1.39. The van der Waals surface area contributed by atoms with Gasteiger partial charge in [-0.25, -0.2) is 0 Å². The van der Waals surface area contributed by atoms with E-state index in [0.29, 0.717) is 77.6 Å². The SMILES string of the molecule is CC[n+]1c(/C=C/C=C/c2ccc3c(c2)OCCOCCOCCOCCOCCO3)sc2ccccc21. The van der Waals surface area contributed by atoms with Gasteiger partial charge in [0.25, 0.3) is 5.01 Å². The molecule has 2 heterocycles. The maximum atomic E-state index is 6.01. The van der Waals surface area contributed by atoms with Crippen LogP contribution in [0.1, 0.15) is 17.5 Å². The van der Waals surface area contributed by atoms with Gasteiger partial charge in [-0.05, 0) is 30.7 Å². The number of aryl methyl sites for hydroxylation is 1. The van der Waals surface area contributed by atoms with Gasteiger partial charge in [0.2, 0.25) is 5.52 Å². The molecule has 37 heavy (non-hydrogen) atoms. The minimum atomic E-state index is 0.423. The number of allylic oxidation sites excluding steroid dienone is 2. The Labute approximate surface area is 222 Å². The van der Waals surface area contributed by atoms with Crippen LogP contribution in [0.3, 0.4) is 0 Å². The third-order valence-electron chi connectivity index (χ3n) is 5.65. The molecular formula is C29H36NO6S+. The molecule has 0 radical (unpaired) electrons. The second-order valence-corrected chi connectivity index (χ2v) is 9.29. The molecule has 0 saturated heterocycles. The summed E-state index contributed by atoms with van der Waals surface area (Å²) in [4.78, 5) is 0. The fraction of sp³-hybridized carbons (Fsp3) is 0.414. The summed E-state index contributed by atoms with van der Waals surface area (Å²) in [6.45, 7) is 8.11. The van der Waals surface area contributed by atoms with E-state index in [9.17, 15) is 0 Å². The number of aromatic nitrogens is 1. The van der Waals surface area contributed by atoms with Gasteiger partial charge in [-0.2, -0.15) is 4.57 Å².